The zero-order valence-electron chi connectivity index (χ0n) is 11.4. The fourth-order valence-corrected chi connectivity index (χ4v) is 3.40. The minimum atomic E-state index is -0.703. The number of fused-ring (bicyclic) bond motifs is 1. The van der Waals surface area contributed by atoms with E-state index in [1.54, 1.807) is 0 Å². The van der Waals surface area contributed by atoms with E-state index in [4.69, 9.17) is 0 Å². The summed E-state index contributed by atoms with van der Waals surface area (Å²) >= 11 is 0. The summed E-state index contributed by atoms with van der Waals surface area (Å²) in [5, 5.41) is 19.7. The number of anilines is 1. The summed E-state index contributed by atoms with van der Waals surface area (Å²) in [7, 11) is 0. The van der Waals surface area contributed by atoms with Crippen molar-refractivity contribution in [2.24, 2.45) is 5.92 Å². The van der Waals surface area contributed by atoms with Gasteiger partial charge in [-0.25, -0.2) is 0 Å². The summed E-state index contributed by atoms with van der Waals surface area (Å²) in [6, 6.07) is 6.00. The maximum Gasteiger partial charge on any atom is 0.314 e. The highest BCUT2D eigenvalue weighted by atomic mass is 16.4. The molecule has 0 aromatic heterocycles. The van der Waals surface area contributed by atoms with Gasteiger partial charge in [0.1, 0.15) is 6.23 Å². The van der Waals surface area contributed by atoms with Gasteiger partial charge in [0.05, 0.1) is 5.41 Å². The second-order valence-electron chi connectivity index (χ2n) is 6.43. The van der Waals surface area contributed by atoms with Gasteiger partial charge in [0.2, 0.25) is 0 Å². The second-order valence-corrected chi connectivity index (χ2v) is 6.43. The van der Waals surface area contributed by atoms with Gasteiger partial charge in [0.15, 0.2) is 0 Å². The number of aliphatic carboxylic acids is 1. The van der Waals surface area contributed by atoms with Crippen molar-refractivity contribution in [1.82, 2.24) is 0 Å². The minimum Gasteiger partial charge on any atom is -0.481 e. The fourth-order valence-electron chi connectivity index (χ4n) is 3.40. The third kappa shape index (κ3) is 1.67. The third-order valence-electron chi connectivity index (χ3n) is 5.09. The number of hydrogen-bond acceptors (Lipinski definition) is 3. The van der Waals surface area contributed by atoms with Gasteiger partial charge in [-0.3, -0.25) is 4.79 Å². The lowest BCUT2D eigenvalue weighted by Crippen LogP contribution is -2.35. The summed E-state index contributed by atoms with van der Waals surface area (Å²) in [4.78, 5) is 13.5. The number of carboxylic acid groups (broad SMARTS) is 1. The van der Waals surface area contributed by atoms with E-state index in [1.807, 2.05) is 12.1 Å². The third-order valence-corrected chi connectivity index (χ3v) is 5.09. The Morgan fingerprint density at radius 2 is 2.10 bits per heavy atom. The normalized spacial score (nSPS) is 24.4. The van der Waals surface area contributed by atoms with Crippen LogP contribution in [-0.4, -0.2) is 29.0 Å². The molecule has 4 heteroatoms. The van der Waals surface area contributed by atoms with Crippen molar-refractivity contribution in [2.75, 3.05) is 11.4 Å². The molecule has 0 radical (unpaired) electrons. The smallest absolute Gasteiger partial charge is 0.314 e. The Hall–Kier alpha value is -1.55. The summed E-state index contributed by atoms with van der Waals surface area (Å²) in [5.41, 5.74) is 2.59. The topological polar surface area (TPSA) is 60.8 Å². The highest BCUT2D eigenvalue weighted by Gasteiger charge is 2.52. The van der Waals surface area contributed by atoms with E-state index < -0.39 is 11.4 Å². The molecule has 2 N–H and O–H groups in total. The molecule has 0 bridgehead atoms. The van der Waals surface area contributed by atoms with E-state index in [9.17, 15) is 15.0 Å². The van der Waals surface area contributed by atoms with Crippen molar-refractivity contribution in [1.29, 1.82) is 0 Å². The second kappa shape index (κ2) is 3.98. The molecule has 2 saturated carbocycles. The van der Waals surface area contributed by atoms with Crippen molar-refractivity contribution < 1.29 is 15.0 Å². The van der Waals surface area contributed by atoms with Crippen molar-refractivity contribution in [3.8, 4) is 0 Å². The van der Waals surface area contributed by atoms with Gasteiger partial charge in [0.25, 0.3) is 0 Å². The Bertz CT molecular complexity index is 575. The molecule has 1 aliphatic heterocycles. The number of rotatable bonds is 4. The first-order chi connectivity index (χ1) is 9.62. The van der Waals surface area contributed by atoms with E-state index in [0.717, 1.165) is 49.9 Å². The molecule has 2 aliphatic carbocycles. The lowest BCUT2D eigenvalue weighted by molar-refractivity contribution is -0.140. The van der Waals surface area contributed by atoms with Crippen LogP contribution in [-0.2, 0) is 16.6 Å². The number of benzene rings is 1. The highest BCUT2D eigenvalue weighted by Crippen LogP contribution is 2.50. The first-order valence-electron chi connectivity index (χ1n) is 7.43. The summed E-state index contributed by atoms with van der Waals surface area (Å²) < 4.78 is 0. The van der Waals surface area contributed by atoms with Crippen LogP contribution in [0.3, 0.4) is 0 Å². The van der Waals surface area contributed by atoms with Crippen molar-refractivity contribution >= 4 is 11.7 Å². The number of hydrogen-bond donors (Lipinski definition) is 2. The zero-order valence-corrected chi connectivity index (χ0v) is 11.4. The standard InChI is InChI=1S/C16H19NO3/c18-14(10-1-2-10)17-8-5-11-9-12(3-4-13(11)17)16(6-7-16)15(19)20/h3-4,9-10,14,18H,1-2,5-8H2,(H,19,20). The van der Waals surface area contributed by atoms with Crippen LogP contribution in [0.5, 0.6) is 0 Å². The average molecular weight is 273 g/mol. The van der Waals surface area contributed by atoms with Crippen LogP contribution in [0.25, 0.3) is 0 Å². The summed E-state index contributed by atoms with van der Waals surface area (Å²) in [6.07, 6.45) is 4.27. The molecule has 3 aliphatic rings. The molecular formula is C16H19NO3. The largest absolute Gasteiger partial charge is 0.481 e. The lowest BCUT2D eigenvalue weighted by Gasteiger charge is -2.26. The number of carbonyl (C=O) groups is 1. The molecule has 0 spiro atoms. The predicted molar refractivity (Wildman–Crippen MR) is 74.8 cm³/mol. The number of aliphatic hydroxyl groups excluding tert-OH is 1. The Morgan fingerprint density at radius 3 is 2.70 bits per heavy atom. The van der Waals surface area contributed by atoms with Crippen LogP contribution in [0.1, 0.15) is 36.8 Å². The maximum absolute atomic E-state index is 11.4. The molecule has 1 aromatic carbocycles. The summed E-state index contributed by atoms with van der Waals surface area (Å²) in [6.45, 7) is 0.844. The quantitative estimate of drug-likeness (QED) is 0.879. The maximum atomic E-state index is 11.4. The Balaban J connectivity index is 1.65. The Kier molecular flexibility index (Phi) is 2.43. The van der Waals surface area contributed by atoms with E-state index >= 15 is 0 Å². The van der Waals surface area contributed by atoms with Crippen LogP contribution in [0.4, 0.5) is 5.69 Å². The van der Waals surface area contributed by atoms with Crippen LogP contribution in [0.15, 0.2) is 18.2 Å². The molecular weight excluding hydrogens is 254 g/mol. The van der Waals surface area contributed by atoms with Gasteiger partial charge in [0, 0.05) is 18.2 Å². The first kappa shape index (κ1) is 12.2. The molecule has 2 fully saturated rings. The van der Waals surface area contributed by atoms with E-state index in [-0.39, 0.29) is 6.23 Å². The first-order valence-corrected chi connectivity index (χ1v) is 7.43. The number of aliphatic hydroxyl groups is 1. The molecule has 0 saturated heterocycles. The minimum absolute atomic E-state index is 0.364. The van der Waals surface area contributed by atoms with Crippen molar-refractivity contribution in [3.05, 3.63) is 29.3 Å². The molecule has 1 aromatic rings. The lowest BCUT2D eigenvalue weighted by atomic mass is 9.94. The predicted octanol–water partition coefficient (Wildman–Crippen LogP) is 1.89. The van der Waals surface area contributed by atoms with Crippen LogP contribution in [0, 0.1) is 5.92 Å². The van der Waals surface area contributed by atoms with Gasteiger partial charge in [-0.05, 0) is 49.3 Å². The Labute approximate surface area is 118 Å². The van der Waals surface area contributed by atoms with Crippen LogP contribution in [0.2, 0.25) is 0 Å². The van der Waals surface area contributed by atoms with Crippen molar-refractivity contribution in [2.45, 2.75) is 43.7 Å². The Morgan fingerprint density at radius 1 is 1.35 bits per heavy atom. The van der Waals surface area contributed by atoms with Gasteiger partial charge >= 0.3 is 5.97 Å². The van der Waals surface area contributed by atoms with Gasteiger partial charge in [-0.15, -0.1) is 0 Å². The van der Waals surface area contributed by atoms with Gasteiger partial charge in [-0.2, -0.15) is 0 Å². The number of nitrogens with zero attached hydrogens (tertiary/aromatic N) is 1. The van der Waals surface area contributed by atoms with E-state index in [1.165, 1.54) is 5.56 Å². The molecule has 1 atom stereocenters. The van der Waals surface area contributed by atoms with E-state index in [0.29, 0.717) is 5.92 Å². The molecule has 0 amide bonds. The SMILES string of the molecule is O=C(O)C1(c2ccc3c(c2)CCN3C(O)C2CC2)CC1. The molecule has 106 valence electrons. The van der Waals surface area contributed by atoms with Crippen LogP contribution < -0.4 is 4.90 Å². The molecule has 1 heterocycles. The van der Waals surface area contributed by atoms with Gasteiger partial charge < -0.3 is 15.1 Å². The highest BCUT2D eigenvalue weighted by molar-refractivity contribution is 5.85. The van der Waals surface area contributed by atoms with Crippen molar-refractivity contribution in [3.63, 3.8) is 0 Å². The average Bonchev–Trinajstić information content (AvgIpc) is 3.33. The molecule has 1 unspecified atom stereocenters. The zero-order chi connectivity index (χ0) is 13.9. The monoisotopic (exact) mass is 273 g/mol. The van der Waals surface area contributed by atoms with E-state index in [2.05, 4.69) is 11.0 Å². The van der Waals surface area contributed by atoms with Gasteiger partial charge in [-0.1, -0.05) is 12.1 Å². The fraction of sp³-hybridized carbons (Fsp3) is 0.562. The molecule has 4 nitrogen and oxygen atoms in total. The van der Waals surface area contributed by atoms with Crippen LogP contribution >= 0.6 is 0 Å². The number of carboxylic acids is 1. The summed E-state index contributed by atoms with van der Waals surface area (Å²) in [5.74, 6) is -0.278. The molecule has 20 heavy (non-hydrogen) atoms. The molecule has 4 rings (SSSR count).